The molecule has 560 valence electrons. The van der Waals surface area contributed by atoms with Crippen molar-refractivity contribution in [3.05, 3.63) is 215 Å². The Morgan fingerprint density at radius 1 is 0.467 bits per heavy atom. The van der Waals surface area contributed by atoms with Crippen LogP contribution in [0.2, 0.25) is 0 Å². The minimum Gasteiger partial charge on any atom is -0.445 e. The number of aliphatic hydroxyl groups is 6. The van der Waals surface area contributed by atoms with Gasteiger partial charge in [0, 0.05) is 18.5 Å². The number of alkyl carbamates (subject to hydrolysis) is 3. The maximum atomic E-state index is 14.5. The van der Waals surface area contributed by atoms with E-state index in [1.54, 1.807) is 176 Å². The van der Waals surface area contributed by atoms with Gasteiger partial charge in [0.1, 0.15) is 94.0 Å². The molecule has 5 aliphatic heterocycles. The molecule has 31 heteroatoms. The van der Waals surface area contributed by atoms with Gasteiger partial charge in [-0.25, -0.2) is 24.0 Å². The molecule has 6 aromatic carbocycles. The van der Waals surface area contributed by atoms with Crippen molar-refractivity contribution in [1.82, 2.24) is 31.1 Å². The summed E-state index contributed by atoms with van der Waals surface area (Å²) < 4.78 is 73.9. The van der Waals surface area contributed by atoms with E-state index in [1.807, 2.05) is 6.07 Å². The number of carbonyl (C=O) groups is 6. The van der Waals surface area contributed by atoms with Gasteiger partial charge in [-0.2, -0.15) is 0 Å². The van der Waals surface area contributed by atoms with E-state index in [0.29, 0.717) is 33.4 Å². The van der Waals surface area contributed by atoms with Crippen molar-refractivity contribution >= 4 is 36.4 Å². The largest absolute Gasteiger partial charge is 0.445 e. The van der Waals surface area contributed by atoms with Gasteiger partial charge in [-0.3, -0.25) is 9.69 Å². The molecule has 0 radical (unpaired) electrons. The van der Waals surface area contributed by atoms with Crippen LogP contribution >= 0.6 is 0 Å². The zero-order chi connectivity index (χ0) is 73.6. The van der Waals surface area contributed by atoms with Crippen LogP contribution in [-0.4, -0.2) is 225 Å². The van der Waals surface area contributed by atoms with E-state index >= 15 is 0 Å². The monoisotopic (exact) mass is 1460 g/mol. The SMILES string of the molecule is NC[C@H]1O[C@H](O[C@H]2C(O[C@@H]3O[C@H](CO)[C@@H](O[C@H]4O[C@H]5CN(C(=O)OCc6ccccc6)C(c6ccccc6)O[C@H]5[C@H](O)[C@H]4NC(=O)OCc4ccccc4)[C@H]3O)[C@@H](O)[C@H](NC(=O)C3(O)CN(C(=O)OCc4ccccc4)C3)C[C@@H]2NC(=O)OCc2ccccc2)[C@H](NC(=O)OCc2ccccc2)C[C@H]1O. The Morgan fingerprint density at radius 3 is 1.44 bits per heavy atom. The summed E-state index contributed by atoms with van der Waals surface area (Å²) in [5.41, 5.74) is 7.55. The highest BCUT2D eigenvalue weighted by Crippen LogP contribution is 2.40. The van der Waals surface area contributed by atoms with Crippen LogP contribution in [0.4, 0.5) is 24.0 Å². The van der Waals surface area contributed by atoms with Crippen molar-refractivity contribution < 1.29 is 116 Å². The number of amides is 6. The molecule has 0 bridgehead atoms. The minimum absolute atomic E-state index is 0.108. The number of carbonyl (C=O) groups excluding carboxylic acids is 6. The number of likely N-dealkylation sites (tertiary alicyclic amines) is 1. The maximum Gasteiger partial charge on any atom is 0.412 e. The van der Waals surface area contributed by atoms with E-state index in [2.05, 4.69) is 21.3 Å². The van der Waals surface area contributed by atoms with Crippen molar-refractivity contribution in [2.75, 3.05) is 32.8 Å². The summed E-state index contributed by atoms with van der Waals surface area (Å²) in [5.74, 6) is -1.09. The zero-order valence-corrected chi connectivity index (χ0v) is 56.8. The molecule has 12 rings (SSSR count). The van der Waals surface area contributed by atoms with Crippen LogP contribution in [0.15, 0.2) is 182 Å². The number of nitrogens with two attached hydrogens (primary N) is 1. The summed E-state index contributed by atoms with van der Waals surface area (Å²) in [6, 6.07) is 46.5. The summed E-state index contributed by atoms with van der Waals surface area (Å²) in [6.45, 7) is -3.53. The summed E-state index contributed by atoms with van der Waals surface area (Å²) in [4.78, 5) is 86.2. The Balaban J connectivity index is 0.845. The molecule has 1 saturated carbocycles. The van der Waals surface area contributed by atoms with Crippen LogP contribution in [0.5, 0.6) is 0 Å². The first-order valence-corrected chi connectivity index (χ1v) is 34.4. The van der Waals surface area contributed by atoms with E-state index in [9.17, 15) is 59.4 Å². The van der Waals surface area contributed by atoms with Gasteiger partial charge in [0.25, 0.3) is 5.91 Å². The first kappa shape index (κ1) is 75.3. The molecular weight excluding hydrogens is 1370 g/mol. The Labute approximate surface area is 603 Å². The Kier molecular flexibility index (Phi) is 25.2. The molecule has 31 nitrogen and oxygen atoms in total. The predicted molar refractivity (Wildman–Crippen MR) is 363 cm³/mol. The third-order valence-electron chi connectivity index (χ3n) is 18.9. The number of benzene rings is 6. The summed E-state index contributed by atoms with van der Waals surface area (Å²) in [6.07, 6.45) is -30.1. The topological polar surface area (TPSA) is 415 Å². The number of ether oxygens (including phenoxy) is 12. The van der Waals surface area contributed by atoms with Crippen LogP contribution in [0.1, 0.15) is 52.5 Å². The van der Waals surface area contributed by atoms with Gasteiger partial charge in [0.05, 0.1) is 56.6 Å². The molecule has 6 amide bonds. The molecule has 2 unspecified atom stereocenters. The van der Waals surface area contributed by atoms with E-state index in [4.69, 9.17) is 62.6 Å². The molecule has 5 heterocycles. The quantitative estimate of drug-likeness (QED) is 0.0388. The van der Waals surface area contributed by atoms with Crippen LogP contribution in [0.3, 0.4) is 0 Å². The lowest BCUT2D eigenvalue weighted by Gasteiger charge is -2.51. The lowest BCUT2D eigenvalue weighted by Crippen LogP contribution is -2.73. The van der Waals surface area contributed by atoms with E-state index in [1.165, 1.54) is 4.90 Å². The first-order chi connectivity index (χ1) is 50.9. The number of rotatable bonds is 24. The Bertz CT molecular complexity index is 3810. The number of nitrogens with zero attached hydrogens (tertiary/aromatic N) is 2. The third-order valence-corrected chi connectivity index (χ3v) is 18.9. The molecule has 5 saturated heterocycles. The molecule has 6 fully saturated rings. The molecule has 6 aliphatic rings. The molecule has 19 atom stereocenters. The number of aliphatic hydroxyl groups excluding tert-OH is 5. The maximum absolute atomic E-state index is 14.5. The van der Waals surface area contributed by atoms with E-state index in [0.717, 1.165) is 4.90 Å². The van der Waals surface area contributed by atoms with Crippen molar-refractivity contribution in [3.8, 4) is 0 Å². The number of nitrogens with one attached hydrogen (secondary N) is 4. The summed E-state index contributed by atoms with van der Waals surface area (Å²) in [5, 5.41) is 83.3. The highest BCUT2D eigenvalue weighted by atomic mass is 16.8. The molecule has 0 spiro atoms. The van der Waals surface area contributed by atoms with Gasteiger partial charge in [-0.15, -0.1) is 0 Å². The van der Waals surface area contributed by atoms with E-state index < -0.39 is 185 Å². The van der Waals surface area contributed by atoms with Gasteiger partial charge in [-0.05, 0) is 34.2 Å². The first-order valence-electron chi connectivity index (χ1n) is 34.4. The molecular formula is C74H85N7O24. The standard InChI is InChI=1S/C74H85N7O24/c75-33-53-52(83)32-51(78-70(89)95-37-44-21-9-2-10-22-44)65(99-53)103-60-50(77-69(88)94-36-43-19-7-1-8-20-43)31-49(76-68(87)74(93)41-80(42-74)72(91)97-39-46-25-13-4-14-26-46)57(84)63(60)105-67-59(86)62(55(35-82)101-67)104-66-56(79-71(90)96-38-45-23-11-3-12-24-45)58(85)61-54(100-66)34-81(64(102-61)48-29-17-6-18-30-48)73(92)98-40-47-27-15-5-16-28-47/h1-30,49-67,82-86,93H,31-42,75H2,(H,76,87)(H,77,88)(H,78,89)(H,79,90)/t49-,50+,51-,52-,53-,54+,55-,56-,57+,58-,59-,60-,61-,62-,63?,64?,65-,66-,67+/m1/s1. The number of hydrogen-bond donors (Lipinski definition) is 11. The van der Waals surface area contributed by atoms with Gasteiger partial charge >= 0.3 is 30.5 Å². The smallest absolute Gasteiger partial charge is 0.412 e. The normalized spacial score (nSPS) is 29.7. The Morgan fingerprint density at radius 2 is 0.924 bits per heavy atom. The van der Waals surface area contributed by atoms with Gasteiger partial charge in [0.15, 0.2) is 30.7 Å². The van der Waals surface area contributed by atoms with Crippen LogP contribution in [-0.2, 0) is 94.7 Å². The number of hydrogen-bond acceptors (Lipinski definition) is 25. The second-order valence-corrected chi connectivity index (χ2v) is 26.3. The zero-order valence-electron chi connectivity index (χ0n) is 56.8. The van der Waals surface area contributed by atoms with Crippen molar-refractivity contribution in [1.29, 1.82) is 0 Å². The lowest BCUT2D eigenvalue weighted by atomic mass is 9.82. The number of fused-ring (bicyclic) bond motifs is 1. The van der Waals surface area contributed by atoms with Gasteiger partial charge in [0.2, 0.25) is 0 Å². The average Bonchev–Trinajstić information content (AvgIpc) is 1.75. The highest BCUT2D eigenvalue weighted by Gasteiger charge is 2.59. The van der Waals surface area contributed by atoms with Crippen molar-refractivity contribution in [2.24, 2.45) is 5.73 Å². The number of β-amino-alcohol motifs (C(OH)–C–C–N with tert-alkyl or cyclic N) is 1. The Hall–Kier alpha value is -9.42. The summed E-state index contributed by atoms with van der Waals surface area (Å²) in [7, 11) is 0. The van der Waals surface area contributed by atoms with Crippen LogP contribution in [0, 0.1) is 0 Å². The predicted octanol–water partition coefficient (Wildman–Crippen LogP) is 2.99. The van der Waals surface area contributed by atoms with Crippen molar-refractivity contribution in [3.63, 3.8) is 0 Å². The molecule has 6 aromatic rings. The second kappa shape index (κ2) is 35.1. The van der Waals surface area contributed by atoms with Crippen LogP contribution < -0.4 is 27.0 Å². The molecule has 0 aromatic heterocycles. The van der Waals surface area contributed by atoms with Gasteiger partial charge < -0.3 is 119 Å². The third kappa shape index (κ3) is 18.8. The fraction of sp³-hybridized carbons (Fsp3) is 0.432. The fourth-order valence-corrected chi connectivity index (χ4v) is 13.3. The second-order valence-electron chi connectivity index (χ2n) is 26.3. The molecule has 105 heavy (non-hydrogen) atoms. The minimum atomic E-state index is -2.27. The van der Waals surface area contributed by atoms with E-state index in [-0.39, 0.29) is 52.5 Å². The van der Waals surface area contributed by atoms with Gasteiger partial charge in [-0.1, -0.05) is 182 Å². The molecule has 12 N–H and O–H groups in total. The highest BCUT2D eigenvalue weighted by molar-refractivity contribution is 5.89. The lowest BCUT2D eigenvalue weighted by molar-refractivity contribution is -0.323. The fourth-order valence-electron chi connectivity index (χ4n) is 13.3. The average molecular weight is 1460 g/mol. The summed E-state index contributed by atoms with van der Waals surface area (Å²) >= 11 is 0. The molecule has 1 aliphatic carbocycles. The van der Waals surface area contributed by atoms with Crippen LogP contribution in [0.25, 0.3) is 0 Å². The van der Waals surface area contributed by atoms with Crippen molar-refractivity contribution in [2.45, 2.75) is 168 Å².